The summed E-state index contributed by atoms with van der Waals surface area (Å²) >= 11 is 0. The van der Waals surface area contributed by atoms with Crippen LogP contribution in [-0.2, 0) is 13.1 Å². The van der Waals surface area contributed by atoms with Gasteiger partial charge in [-0.2, -0.15) is 10.2 Å². The Morgan fingerprint density at radius 2 is 1.86 bits per heavy atom. The number of nitrogens with one attached hydrogen (secondary N) is 1. The molecule has 116 valence electrons. The van der Waals surface area contributed by atoms with Crippen molar-refractivity contribution in [3.63, 3.8) is 0 Å². The van der Waals surface area contributed by atoms with Crippen molar-refractivity contribution in [2.24, 2.45) is 5.92 Å². The lowest BCUT2D eigenvalue weighted by Crippen LogP contribution is -2.08. The van der Waals surface area contributed by atoms with Gasteiger partial charge in [-0.25, -0.2) is 0 Å². The van der Waals surface area contributed by atoms with Crippen molar-refractivity contribution >= 4 is 5.82 Å². The minimum Gasteiger partial charge on any atom is -0.364 e. The Morgan fingerprint density at radius 1 is 1.14 bits per heavy atom. The van der Waals surface area contributed by atoms with Gasteiger partial charge in [0.2, 0.25) is 0 Å². The number of aromatic nitrogens is 4. The van der Waals surface area contributed by atoms with E-state index in [1.165, 1.54) is 11.3 Å². The second-order valence-corrected chi connectivity index (χ2v) is 6.41. The first-order valence-electron chi connectivity index (χ1n) is 7.69. The Kier molecular flexibility index (Phi) is 4.70. The summed E-state index contributed by atoms with van der Waals surface area (Å²) in [7, 11) is 0. The van der Waals surface area contributed by atoms with Crippen molar-refractivity contribution in [1.29, 1.82) is 0 Å². The van der Waals surface area contributed by atoms with Gasteiger partial charge in [-0.3, -0.25) is 9.36 Å². The summed E-state index contributed by atoms with van der Waals surface area (Å²) < 4.78 is 4.08. The Morgan fingerprint density at radius 3 is 2.43 bits per heavy atom. The van der Waals surface area contributed by atoms with Crippen molar-refractivity contribution in [2.45, 2.75) is 60.7 Å². The van der Waals surface area contributed by atoms with Gasteiger partial charge >= 0.3 is 0 Å². The predicted octanol–water partition coefficient (Wildman–Crippen LogP) is 3.55. The van der Waals surface area contributed by atoms with Crippen LogP contribution in [0.15, 0.2) is 12.3 Å². The largest absolute Gasteiger partial charge is 0.364 e. The van der Waals surface area contributed by atoms with Gasteiger partial charge < -0.3 is 5.32 Å². The molecule has 0 bridgehead atoms. The summed E-state index contributed by atoms with van der Waals surface area (Å²) in [6.07, 6.45) is 2.12. The van der Waals surface area contributed by atoms with Crippen molar-refractivity contribution < 1.29 is 0 Å². The lowest BCUT2D eigenvalue weighted by atomic mass is 10.2. The molecule has 0 saturated carbocycles. The molecule has 0 aliphatic rings. The molecule has 0 aliphatic heterocycles. The monoisotopic (exact) mass is 289 g/mol. The maximum absolute atomic E-state index is 4.61. The fourth-order valence-corrected chi connectivity index (χ4v) is 2.27. The van der Waals surface area contributed by atoms with Gasteiger partial charge in [0.15, 0.2) is 0 Å². The number of hydrogen-bond donors (Lipinski definition) is 1. The van der Waals surface area contributed by atoms with Gasteiger partial charge in [0.05, 0.1) is 5.69 Å². The van der Waals surface area contributed by atoms with E-state index in [0.29, 0.717) is 12.0 Å². The Hall–Kier alpha value is -1.78. The predicted molar refractivity (Wildman–Crippen MR) is 86.5 cm³/mol. The van der Waals surface area contributed by atoms with Gasteiger partial charge in [-0.05, 0) is 33.6 Å². The molecule has 0 atom stereocenters. The van der Waals surface area contributed by atoms with Crippen LogP contribution in [0.25, 0.3) is 0 Å². The third-order valence-corrected chi connectivity index (χ3v) is 3.53. The summed E-state index contributed by atoms with van der Waals surface area (Å²) in [5, 5.41) is 12.6. The molecule has 5 nitrogen and oxygen atoms in total. The lowest BCUT2D eigenvalue weighted by molar-refractivity contribution is 0.475. The average Bonchev–Trinajstić information content (AvgIpc) is 2.91. The molecule has 0 unspecified atom stereocenters. The Labute approximate surface area is 127 Å². The summed E-state index contributed by atoms with van der Waals surface area (Å²) in [5.41, 5.74) is 3.50. The van der Waals surface area contributed by atoms with Crippen LogP contribution in [0.2, 0.25) is 0 Å². The molecule has 2 aromatic rings. The molecule has 1 N–H and O–H groups in total. The first-order chi connectivity index (χ1) is 9.86. The molecular formula is C16H27N5. The minimum absolute atomic E-state index is 0.393. The summed E-state index contributed by atoms with van der Waals surface area (Å²) in [4.78, 5) is 0. The highest BCUT2D eigenvalue weighted by Crippen LogP contribution is 2.15. The summed E-state index contributed by atoms with van der Waals surface area (Å²) in [5.74, 6) is 1.54. The zero-order chi connectivity index (χ0) is 15.6. The van der Waals surface area contributed by atoms with E-state index in [2.05, 4.69) is 74.0 Å². The molecule has 21 heavy (non-hydrogen) atoms. The highest BCUT2D eigenvalue weighted by atomic mass is 15.3. The number of hydrogen-bond acceptors (Lipinski definition) is 3. The summed E-state index contributed by atoms with van der Waals surface area (Å²) in [6.45, 7) is 14.6. The number of rotatable bonds is 6. The Bertz CT molecular complexity index is 592. The topological polar surface area (TPSA) is 47.7 Å². The fraction of sp³-hybridized carbons (Fsp3) is 0.625. The molecule has 0 aromatic carbocycles. The van der Waals surface area contributed by atoms with Crippen LogP contribution in [0.5, 0.6) is 0 Å². The third kappa shape index (κ3) is 3.86. The van der Waals surface area contributed by atoms with Gasteiger partial charge in [0, 0.05) is 42.7 Å². The number of nitrogens with zero attached hydrogens (tertiary/aromatic N) is 4. The second kappa shape index (κ2) is 6.33. The van der Waals surface area contributed by atoms with Crippen molar-refractivity contribution in [2.75, 3.05) is 5.32 Å². The van der Waals surface area contributed by atoms with E-state index in [-0.39, 0.29) is 0 Å². The average molecular weight is 289 g/mol. The Balaban J connectivity index is 2.03. The van der Waals surface area contributed by atoms with Crippen LogP contribution >= 0.6 is 0 Å². The standard InChI is InChI=1S/C16H27N5/c1-11(2)9-21-13(5)7-16(19-21)17-8-15-10-20(12(3)4)18-14(15)6/h7,10-12H,8-9H2,1-6H3,(H,17,19). The van der Waals surface area contributed by atoms with Gasteiger partial charge in [0.25, 0.3) is 0 Å². The molecule has 2 rings (SSSR count). The van der Waals surface area contributed by atoms with Crippen molar-refractivity contribution in [3.05, 3.63) is 29.2 Å². The van der Waals surface area contributed by atoms with E-state index in [0.717, 1.165) is 24.6 Å². The molecule has 5 heteroatoms. The first-order valence-corrected chi connectivity index (χ1v) is 7.69. The molecular weight excluding hydrogens is 262 g/mol. The van der Waals surface area contributed by atoms with E-state index in [1.54, 1.807) is 0 Å². The maximum Gasteiger partial charge on any atom is 0.148 e. The molecule has 0 amide bonds. The molecule has 0 aliphatic carbocycles. The lowest BCUT2D eigenvalue weighted by Gasteiger charge is -2.06. The SMILES string of the molecule is Cc1nn(C(C)C)cc1CNc1cc(C)n(CC(C)C)n1. The number of anilines is 1. The van der Waals surface area contributed by atoms with E-state index in [9.17, 15) is 0 Å². The van der Waals surface area contributed by atoms with Crippen LogP contribution < -0.4 is 5.32 Å². The molecule has 0 fully saturated rings. The zero-order valence-electron chi connectivity index (χ0n) is 14.0. The van der Waals surface area contributed by atoms with E-state index in [4.69, 9.17) is 0 Å². The number of aryl methyl sites for hydroxylation is 2. The van der Waals surface area contributed by atoms with E-state index in [1.807, 2.05) is 4.68 Å². The third-order valence-electron chi connectivity index (χ3n) is 3.53. The highest BCUT2D eigenvalue weighted by Gasteiger charge is 2.09. The minimum atomic E-state index is 0.393. The van der Waals surface area contributed by atoms with Gasteiger partial charge in [0.1, 0.15) is 5.82 Å². The molecule has 2 aromatic heterocycles. The van der Waals surface area contributed by atoms with E-state index >= 15 is 0 Å². The van der Waals surface area contributed by atoms with Gasteiger partial charge in [-0.15, -0.1) is 0 Å². The van der Waals surface area contributed by atoms with Crippen LogP contribution in [0, 0.1) is 19.8 Å². The van der Waals surface area contributed by atoms with Crippen LogP contribution in [0.1, 0.15) is 50.7 Å². The quantitative estimate of drug-likeness (QED) is 0.884. The molecule has 0 spiro atoms. The van der Waals surface area contributed by atoms with Gasteiger partial charge in [-0.1, -0.05) is 13.8 Å². The smallest absolute Gasteiger partial charge is 0.148 e. The molecule has 2 heterocycles. The van der Waals surface area contributed by atoms with Crippen molar-refractivity contribution in [3.8, 4) is 0 Å². The molecule has 0 radical (unpaired) electrons. The van der Waals surface area contributed by atoms with E-state index < -0.39 is 0 Å². The van der Waals surface area contributed by atoms with Crippen LogP contribution in [0.4, 0.5) is 5.82 Å². The fourth-order valence-electron chi connectivity index (χ4n) is 2.27. The zero-order valence-corrected chi connectivity index (χ0v) is 14.0. The highest BCUT2D eigenvalue weighted by molar-refractivity contribution is 5.37. The first kappa shape index (κ1) is 15.6. The molecule has 0 saturated heterocycles. The second-order valence-electron chi connectivity index (χ2n) is 6.41. The van der Waals surface area contributed by atoms with Crippen LogP contribution in [-0.4, -0.2) is 19.6 Å². The van der Waals surface area contributed by atoms with Crippen molar-refractivity contribution in [1.82, 2.24) is 19.6 Å². The normalized spacial score (nSPS) is 11.6. The van der Waals surface area contributed by atoms with Crippen LogP contribution in [0.3, 0.4) is 0 Å². The summed E-state index contributed by atoms with van der Waals surface area (Å²) in [6, 6.07) is 2.50. The maximum atomic E-state index is 4.61.